The Kier molecular flexibility index (Phi) is 2.94. The number of benzene rings is 1. The van der Waals surface area contributed by atoms with Crippen LogP contribution in [0.25, 0.3) is 0 Å². The van der Waals surface area contributed by atoms with Crippen molar-refractivity contribution in [3.63, 3.8) is 0 Å². The summed E-state index contributed by atoms with van der Waals surface area (Å²) in [4.78, 5) is 0. The summed E-state index contributed by atoms with van der Waals surface area (Å²) in [6.07, 6.45) is 1.70. The van der Waals surface area contributed by atoms with E-state index in [0.717, 1.165) is 25.5 Å². The summed E-state index contributed by atoms with van der Waals surface area (Å²) in [6, 6.07) is 12.5. The SMILES string of the molecule is c1coc(CNC2COCc3ccccc32)c1. The maximum atomic E-state index is 5.59. The smallest absolute Gasteiger partial charge is 0.117 e. The molecule has 1 aromatic carbocycles. The molecule has 1 aliphatic heterocycles. The summed E-state index contributed by atoms with van der Waals surface area (Å²) in [5, 5.41) is 3.46. The van der Waals surface area contributed by atoms with Crippen LogP contribution in [0.4, 0.5) is 0 Å². The van der Waals surface area contributed by atoms with Gasteiger partial charge in [0.2, 0.25) is 0 Å². The van der Waals surface area contributed by atoms with E-state index < -0.39 is 0 Å². The van der Waals surface area contributed by atoms with E-state index in [1.807, 2.05) is 12.1 Å². The number of nitrogens with one attached hydrogen (secondary N) is 1. The Balaban J connectivity index is 1.72. The lowest BCUT2D eigenvalue weighted by Crippen LogP contribution is -2.29. The van der Waals surface area contributed by atoms with Crippen molar-refractivity contribution in [1.29, 1.82) is 0 Å². The molecule has 3 rings (SSSR count). The van der Waals surface area contributed by atoms with Gasteiger partial charge in [-0.05, 0) is 23.3 Å². The van der Waals surface area contributed by atoms with E-state index in [-0.39, 0.29) is 6.04 Å². The molecule has 0 saturated heterocycles. The van der Waals surface area contributed by atoms with E-state index in [0.29, 0.717) is 0 Å². The van der Waals surface area contributed by atoms with Crippen LogP contribution >= 0.6 is 0 Å². The maximum absolute atomic E-state index is 5.59. The normalized spacial score (nSPS) is 18.9. The molecule has 2 heterocycles. The lowest BCUT2D eigenvalue weighted by Gasteiger charge is -2.26. The molecule has 3 nitrogen and oxygen atoms in total. The zero-order chi connectivity index (χ0) is 11.5. The summed E-state index contributed by atoms with van der Waals surface area (Å²) in [6.45, 7) is 2.17. The van der Waals surface area contributed by atoms with Gasteiger partial charge in [-0.1, -0.05) is 24.3 Å². The van der Waals surface area contributed by atoms with Crippen LogP contribution in [0.3, 0.4) is 0 Å². The Hall–Kier alpha value is -1.58. The second-order valence-electron chi connectivity index (χ2n) is 4.23. The first-order valence-electron chi connectivity index (χ1n) is 5.85. The van der Waals surface area contributed by atoms with Crippen molar-refractivity contribution >= 4 is 0 Å². The van der Waals surface area contributed by atoms with Crippen molar-refractivity contribution in [2.24, 2.45) is 0 Å². The maximum Gasteiger partial charge on any atom is 0.117 e. The second-order valence-corrected chi connectivity index (χ2v) is 4.23. The van der Waals surface area contributed by atoms with Crippen LogP contribution in [0.15, 0.2) is 47.1 Å². The topological polar surface area (TPSA) is 34.4 Å². The first-order chi connectivity index (χ1) is 8.43. The first kappa shape index (κ1) is 10.6. The molecule has 0 aliphatic carbocycles. The van der Waals surface area contributed by atoms with E-state index in [1.165, 1.54) is 11.1 Å². The molecule has 1 N–H and O–H groups in total. The molecule has 1 aliphatic rings. The van der Waals surface area contributed by atoms with Gasteiger partial charge in [-0.15, -0.1) is 0 Å². The average molecular weight is 229 g/mol. The molecule has 0 radical (unpaired) electrons. The second kappa shape index (κ2) is 4.73. The van der Waals surface area contributed by atoms with Crippen molar-refractivity contribution < 1.29 is 9.15 Å². The number of hydrogen-bond donors (Lipinski definition) is 1. The molecule has 0 spiro atoms. The standard InChI is InChI=1S/C14H15NO2/c1-2-6-13-11(4-1)9-16-10-14(13)15-8-12-5-3-7-17-12/h1-7,14-15H,8-10H2. The van der Waals surface area contributed by atoms with E-state index >= 15 is 0 Å². The lowest BCUT2D eigenvalue weighted by molar-refractivity contribution is 0.0811. The van der Waals surface area contributed by atoms with Crippen LogP contribution in [-0.4, -0.2) is 6.61 Å². The molecule has 17 heavy (non-hydrogen) atoms. The van der Waals surface area contributed by atoms with Crippen LogP contribution in [-0.2, 0) is 17.9 Å². The molecular formula is C14H15NO2. The van der Waals surface area contributed by atoms with Crippen molar-refractivity contribution in [2.75, 3.05) is 6.61 Å². The van der Waals surface area contributed by atoms with E-state index in [1.54, 1.807) is 6.26 Å². The van der Waals surface area contributed by atoms with Gasteiger partial charge in [-0.2, -0.15) is 0 Å². The number of ether oxygens (including phenoxy) is 1. The summed E-state index contributed by atoms with van der Waals surface area (Å²) < 4.78 is 10.9. The Morgan fingerprint density at radius 2 is 2.12 bits per heavy atom. The zero-order valence-electron chi connectivity index (χ0n) is 9.56. The fourth-order valence-electron chi connectivity index (χ4n) is 2.19. The van der Waals surface area contributed by atoms with Gasteiger partial charge in [-0.25, -0.2) is 0 Å². The molecule has 88 valence electrons. The molecule has 1 unspecified atom stereocenters. The largest absolute Gasteiger partial charge is 0.468 e. The minimum absolute atomic E-state index is 0.255. The van der Waals surface area contributed by atoms with Crippen LogP contribution in [0.2, 0.25) is 0 Å². The predicted octanol–water partition coefficient (Wildman–Crippen LogP) is 2.64. The fourth-order valence-corrected chi connectivity index (χ4v) is 2.19. The highest BCUT2D eigenvalue weighted by atomic mass is 16.5. The van der Waals surface area contributed by atoms with Crippen LogP contribution in [0.5, 0.6) is 0 Å². The number of hydrogen-bond acceptors (Lipinski definition) is 3. The van der Waals surface area contributed by atoms with Gasteiger partial charge in [0.05, 0.1) is 32.1 Å². The van der Waals surface area contributed by atoms with Gasteiger partial charge in [0.25, 0.3) is 0 Å². The van der Waals surface area contributed by atoms with Gasteiger partial charge in [-0.3, -0.25) is 0 Å². The highest BCUT2D eigenvalue weighted by Crippen LogP contribution is 2.24. The minimum atomic E-state index is 0.255. The lowest BCUT2D eigenvalue weighted by atomic mass is 9.99. The van der Waals surface area contributed by atoms with E-state index in [2.05, 4.69) is 29.6 Å². The van der Waals surface area contributed by atoms with Crippen molar-refractivity contribution in [2.45, 2.75) is 19.2 Å². The summed E-state index contributed by atoms with van der Waals surface area (Å²) in [5.74, 6) is 0.952. The third kappa shape index (κ3) is 2.25. The molecular weight excluding hydrogens is 214 g/mol. The molecule has 0 bridgehead atoms. The number of furan rings is 1. The number of rotatable bonds is 3. The summed E-state index contributed by atoms with van der Waals surface area (Å²) in [5.41, 5.74) is 2.61. The van der Waals surface area contributed by atoms with Crippen LogP contribution < -0.4 is 5.32 Å². The third-order valence-corrected chi connectivity index (χ3v) is 3.08. The van der Waals surface area contributed by atoms with Gasteiger partial charge >= 0.3 is 0 Å². The van der Waals surface area contributed by atoms with Crippen molar-refractivity contribution in [3.05, 3.63) is 59.5 Å². The van der Waals surface area contributed by atoms with Gasteiger partial charge < -0.3 is 14.5 Å². The summed E-state index contributed by atoms with van der Waals surface area (Å²) in [7, 11) is 0. The monoisotopic (exact) mass is 229 g/mol. The average Bonchev–Trinajstić information content (AvgIpc) is 2.89. The number of fused-ring (bicyclic) bond motifs is 1. The van der Waals surface area contributed by atoms with Gasteiger partial charge in [0.1, 0.15) is 5.76 Å². The molecule has 1 aromatic heterocycles. The Labute approximate surface area is 100 Å². The Bertz CT molecular complexity index is 479. The van der Waals surface area contributed by atoms with Gasteiger partial charge in [0, 0.05) is 0 Å². The zero-order valence-corrected chi connectivity index (χ0v) is 9.56. The summed E-state index contributed by atoms with van der Waals surface area (Å²) >= 11 is 0. The Morgan fingerprint density at radius 1 is 1.18 bits per heavy atom. The highest BCUT2D eigenvalue weighted by Gasteiger charge is 2.19. The molecule has 0 saturated carbocycles. The third-order valence-electron chi connectivity index (χ3n) is 3.08. The highest BCUT2D eigenvalue weighted by molar-refractivity contribution is 5.31. The molecule has 0 amide bonds. The Morgan fingerprint density at radius 3 is 3.00 bits per heavy atom. The predicted molar refractivity (Wildman–Crippen MR) is 64.4 cm³/mol. The van der Waals surface area contributed by atoms with E-state index in [9.17, 15) is 0 Å². The minimum Gasteiger partial charge on any atom is -0.468 e. The van der Waals surface area contributed by atoms with Crippen molar-refractivity contribution in [3.8, 4) is 0 Å². The molecule has 0 fully saturated rings. The molecule has 2 aromatic rings. The van der Waals surface area contributed by atoms with Crippen LogP contribution in [0, 0.1) is 0 Å². The first-order valence-corrected chi connectivity index (χ1v) is 5.85. The van der Waals surface area contributed by atoms with Gasteiger partial charge in [0.15, 0.2) is 0 Å². The van der Waals surface area contributed by atoms with Crippen LogP contribution in [0.1, 0.15) is 22.9 Å². The quantitative estimate of drug-likeness (QED) is 0.878. The van der Waals surface area contributed by atoms with Crippen molar-refractivity contribution in [1.82, 2.24) is 5.32 Å². The molecule has 1 atom stereocenters. The fraction of sp³-hybridized carbons (Fsp3) is 0.286. The van der Waals surface area contributed by atoms with E-state index in [4.69, 9.17) is 9.15 Å². The molecule has 3 heteroatoms.